The number of rotatable bonds is 4. The van der Waals surface area contributed by atoms with Gasteiger partial charge in [-0.3, -0.25) is 9.59 Å². The number of nitrogens with zero attached hydrogens (tertiary/aromatic N) is 3. The summed E-state index contributed by atoms with van der Waals surface area (Å²) < 4.78 is 0. The van der Waals surface area contributed by atoms with Crippen molar-refractivity contribution in [2.24, 2.45) is 0 Å². The lowest BCUT2D eigenvalue weighted by atomic mass is 10.2. The van der Waals surface area contributed by atoms with Crippen LogP contribution in [-0.4, -0.2) is 60.3 Å². The fourth-order valence-corrected chi connectivity index (χ4v) is 2.50. The number of aromatic nitrogens is 1. The van der Waals surface area contributed by atoms with Crippen LogP contribution in [0.5, 0.6) is 0 Å². The van der Waals surface area contributed by atoms with Gasteiger partial charge in [-0.1, -0.05) is 0 Å². The van der Waals surface area contributed by atoms with Gasteiger partial charge in [-0.25, -0.2) is 4.98 Å². The van der Waals surface area contributed by atoms with Crippen LogP contribution in [0.25, 0.3) is 0 Å². The van der Waals surface area contributed by atoms with E-state index in [0.717, 1.165) is 26.2 Å². The van der Waals surface area contributed by atoms with E-state index in [1.165, 1.54) is 11.3 Å². The van der Waals surface area contributed by atoms with Crippen molar-refractivity contribution in [3.05, 3.63) is 11.1 Å². The van der Waals surface area contributed by atoms with E-state index in [1.54, 1.807) is 5.38 Å². The molecule has 0 radical (unpaired) electrons. The molecule has 6 nitrogen and oxygen atoms in total. The lowest BCUT2D eigenvalue weighted by Gasteiger charge is -2.32. The van der Waals surface area contributed by atoms with E-state index in [0.29, 0.717) is 23.7 Å². The molecule has 0 spiro atoms. The SMILES string of the molecule is CN1CCN(C(=O)Cc2csc(NC=O)n2)CC1. The highest BCUT2D eigenvalue weighted by atomic mass is 32.1. The van der Waals surface area contributed by atoms with Gasteiger partial charge in [-0.05, 0) is 7.05 Å². The highest BCUT2D eigenvalue weighted by Gasteiger charge is 2.19. The average molecular weight is 268 g/mol. The van der Waals surface area contributed by atoms with Crippen LogP contribution in [0, 0.1) is 0 Å². The van der Waals surface area contributed by atoms with Crippen LogP contribution < -0.4 is 5.32 Å². The highest BCUT2D eigenvalue weighted by Crippen LogP contribution is 2.15. The molecular weight excluding hydrogens is 252 g/mol. The molecule has 2 heterocycles. The van der Waals surface area contributed by atoms with E-state index in [4.69, 9.17) is 0 Å². The Balaban J connectivity index is 1.88. The van der Waals surface area contributed by atoms with E-state index in [2.05, 4.69) is 22.2 Å². The quantitative estimate of drug-likeness (QED) is 0.782. The molecular formula is C11H16N4O2S. The first-order chi connectivity index (χ1) is 8.69. The monoisotopic (exact) mass is 268 g/mol. The minimum Gasteiger partial charge on any atom is -0.340 e. The van der Waals surface area contributed by atoms with Crippen LogP contribution in [-0.2, 0) is 16.0 Å². The van der Waals surface area contributed by atoms with Crippen molar-refractivity contribution in [1.82, 2.24) is 14.8 Å². The third kappa shape index (κ3) is 3.27. The summed E-state index contributed by atoms with van der Waals surface area (Å²) in [5.41, 5.74) is 0.716. The number of carbonyl (C=O) groups excluding carboxylic acids is 2. The minimum absolute atomic E-state index is 0.103. The molecule has 2 amide bonds. The van der Waals surface area contributed by atoms with Gasteiger partial charge in [0.15, 0.2) is 5.13 Å². The molecule has 1 fully saturated rings. The summed E-state index contributed by atoms with van der Waals surface area (Å²) in [6, 6.07) is 0. The smallest absolute Gasteiger partial charge is 0.228 e. The summed E-state index contributed by atoms with van der Waals surface area (Å²) in [5, 5.41) is 4.82. The van der Waals surface area contributed by atoms with Crippen molar-refractivity contribution in [2.75, 3.05) is 38.5 Å². The fourth-order valence-electron chi connectivity index (χ4n) is 1.83. The fraction of sp³-hybridized carbons (Fsp3) is 0.545. The van der Waals surface area contributed by atoms with Crippen molar-refractivity contribution in [2.45, 2.75) is 6.42 Å². The summed E-state index contributed by atoms with van der Waals surface area (Å²) in [5.74, 6) is 0.103. The molecule has 0 bridgehead atoms. The topological polar surface area (TPSA) is 65.5 Å². The molecule has 0 saturated carbocycles. The Morgan fingerprint density at radius 1 is 1.50 bits per heavy atom. The van der Waals surface area contributed by atoms with Crippen LogP contribution >= 0.6 is 11.3 Å². The maximum absolute atomic E-state index is 12.0. The summed E-state index contributed by atoms with van der Waals surface area (Å²) in [7, 11) is 2.06. The van der Waals surface area contributed by atoms with Gasteiger partial charge >= 0.3 is 0 Å². The van der Waals surface area contributed by atoms with Crippen molar-refractivity contribution >= 4 is 28.8 Å². The van der Waals surface area contributed by atoms with E-state index in [9.17, 15) is 9.59 Å². The standard InChI is InChI=1S/C11H16N4O2S/c1-14-2-4-15(5-3-14)10(17)6-9-7-18-11(13-9)12-8-16/h7-8H,2-6H2,1H3,(H,12,13,16). The number of nitrogens with one attached hydrogen (secondary N) is 1. The predicted molar refractivity (Wildman–Crippen MR) is 69.6 cm³/mol. The molecule has 0 unspecified atom stereocenters. The number of piperazine rings is 1. The average Bonchev–Trinajstić information content (AvgIpc) is 2.78. The van der Waals surface area contributed by atoms with E-state index >= 15 is 0 Å². The molecule has 7 heteroatoms. The molecule has 2 rings (SSSR count). The number of hydrogen-bond acceptors (Lipinski definition) is 5. The van der Waals surface area contributed by atoms with E-state index in [1.807, 2.05) is 4.90 Å². The number of hydrogen-bond donors (Lipinski definition) is 1. The second kappa shape index (κ2) is 5.92. The molecule has 1 aliphatic heterocycles. The lowest BCUT2D eigenvalue weighted by Crippen LogP contribution is -2.47. The second-order valence-electron chi connectivity index (χ2n) is 4.27. The number of anilines is 1. The first-order valence-corrected chi connectivity index (χ1v) is 6.68. The van der Waals surface area contributed by atoms with Crippen LogP contribution in [0.2, 0.25) is 0 Å². The van der Waals surface area contributed by atoms with E-state index in [-0.39, 0.29) is 5.91 Å². The summed E-state index contributed by atoms with van der Waals surface area (Å²) in [6.45, 7) is 3.39. The Morgan fingerprint density at radius 3 is 2.89 bits per heavy atom. The van der Waals surface area contributed by atoms with Gasteiger partial charge in [0.1, 0.15) is 0 Å². The molecule has 1 saturated heterocycles. The molecule has 1 aromatic rings. The van der Waals surface area contributed by atoms with Crippen molar-refractivity contribution in [1.29, 1.82) is 0 Å². The Morgan fingerprint density at radius 2 is 2.22 bits per heavy atom. The number of thiazole rings is 1. The van der Waals surface area contributed by atoms with Gasteiger partial charge in [0.05, 0.1) is 12.1 Å². The molecule has 18 heavy (non-hydrogen) atoms. The Labute approximate surface area is 110 Å². The third-order valence-electron chi connectivity index (χ3n) is 2.92. The van der Waals surface area contributed by atoms with Gasteiger partial charge in [-0.15, -0.1) is 11.3 Å². The zero-order valence-electron chi connectivity index (χ0n) is 10.3. The van der Waals surface area contributed by atoms with Crippen molar-refractivity contribution in [3.8, 4) is 0 Å². The third-order valence-corrected chi connectivity index (χ3v) is 3.74. The Hall–Kier alpha value is -1.47. The summed E-state index contributed by atoms with van der Waals surface area (Å²) >= 11 is 1.33. The van der Waals surface area contributed by atoms with Gasteiger partial charge in [-0.2, -0.15) is 0 Å². The Kier molecular flexibility index (Phi) is 4.27. The number of carbonyl (C=O) groups is 2. The first kappa shape index (κ1) is 13.0. The lowest BCUT2D eigenvalue weighted by molar-refractivity contribution is -0.132. The van der Waals surface area contributed by atoms with Crippen molar-refractivity contribution in [3.63, 3.8) is 0 Å². The summed E-state index contributed by atoms with van der Waals surface area (Å²) in [4.78, 5) is 30.5. The Bertz CT molecular complexity index is 426. The van der Waals surface area contributed by atoms with Gasteiger partial charge in [0.2, 0.25) is 12.3 Å². The van der Waals surface area contributed by atoms with Crippen LogP contribution in [0.3, 0.4) is 0 Å². The molecule has 1 aromatic heterocycles. The van der Waals surface area contributed by atoms with Gasteiger partial charge < -0.3 is 15.1 Å². The molecule has 98 valence electrons. The van der Waals surface area contributed by atoms with E-state index < -0.39 is 0 Å². The molecule has 1 aliphatic rings. The second-order valence-corrected chi connectivity index (χ2v) is 5.13. The largest absolute Gasteiger partial charge is 0.340 e. The molecule has 0 aliphatic carbocycles. The predicted octanol–water partition coefficient (Wildman–Crippen LogP) is 0.0279. The zero-order chi connectivity index (χ0) is 13.0. The molecule has 0 atom stereocenters. The molecule has 1 N–H and O–H groups in total. The molecule has 0 aromatic carbocycles. The first-order valence-electron chi connectivity index (χ1n) is 5.80. The number of likely N-dealkylation sites (N-methyl/N-ethyl adjacent to an activating group) is 1. The van der Waals surface area contributed by atoms with Crippen LogP contribution in [0.4, 0.5) is 5.13 Å². The normalized spacial score (nSPS) is 16.6. The van der Waals surface area contributed by atoms with Crippen molar-refractivity contribution < 1.29 is 9.59 Å². The van der Waals surface area contributed by atoms with Crippen LogP contribution in [0.1, 0.15) is 5.69 Å². The maximum Gasteiger partial charge on any atom is 0.228 e. The van der Waals surface area contributed by atoms with Gasteiger partial charge in [0, 0.05) is 31.6 Å². The number of amides is 2. The van der Waals surface area contributed by atoms with Gasteiger partial charge in [0.25, 0.3) is 0 Å². The maximum atomic E-state index is 12.0. The minimum atomic E-state index is 0.103. The highest BCUT2D eigenvalue weighted by molar-refractivity contribution is 7.13. The zero-order valence-corrected chi connectivity index (χ0v) is 11.1. The summed E-state index contributed by atoms with van der Waals surface area (Å²) in [6.07, 6.45) is 0.895. The van der Waals surface area contributed by atoms with Crippen LogP contribution in [0.15, 0.2) is 5.38 Å².